The van der Waals surface area contributed by atoms with E-state index in [0.29, 0.717) is 28.1 Å². The third-order valence-corrected chi connectivity index (χ3v) is 4.06. The lowest BCUT2D eigenvalue weighted by molar-refractivity contribution is -0.118. The summed E-state index contributed by atoms with van der Waals surface area (Å²) in [4.78, 5) is 22.6. The number of benzene rings is 2. The van der Waals surface area contributed by atoms with E-state index < -0.39 is 5.91 Å². The molecule has 0 saturated carbocycles. The van der Waals surface area contributed by atoms with Gasteiger partial charge >= 0.3 is 0 Å². The highest BCUT2D eigenvalue weighted by atomic mass is 16.5. The van der Waals surface area contributed by atoms with Crippen LogP contribution in [-0.2, 0) is 16.1 Å². The summed E-state index contributed by atoms with van der Waals surface area (Å²) in [5.41, 5.74) is 18.0. The molecule has 0 fully saturated rings. The van der Waals surface area contributed by atoms with Gasteiger partial charge in [0.05, 0.1) is 12.1 Å². The summed E-state index contributed by atoms with van der Waals surface area (Å²) in [6.07, 6.45) is 0. The van der Waals surface area contributed by atoms with E-state index in [1.165, 1.54) is 4.57 Å². The van der Waals surface area contributed by atoms with Crippen molar-refractivity contribution in [1.82, 2.24) is 4.57 Å². The van der Waals surface area contributed by atoms with Gasteiger partial charge in [0.25, 0.3) is 0 Å². The number of hydrogen-bond donors (Lipinski definition) is 4. The Balaban J connectivity index is 1.89. The van der Waals surface area contributed by atoms with Crippen molar-refractivity contribution >= 4 is 34.2 Å². The molecule has 9 nitrogen and oxygen atoms in total. The second-order valence-corrected chi connectivity index (χ2v) is 5.98. The van der Waals surface area contributed by atoms with Crippen molar-refractivity contribution < 1.29 is 14.3 Å². The molecule has 1 heterocycles. The monoisotopic (exact) mass is 378 g/mol. The zero-order valence-corrected chi connectivity index (χ0v) is 14.8. The molecule has 28 heavy (non-hydrogen) atoms. The van der Waals surface area contributed by atoms with Gasteiger partial charge in [-0.1, -0.05) is 0 Å². The van der Waals surface area contributed by atoms with Gasteiger partial charge in [-0.3, -0.25) is 9.59 Å². The summed E-state index contributed by atoms with van der Waals surface area (Å²) < 4.78 is 7.31. The summed E-state index contributed by atoms with van der Waals surface area (Å²) in [6, 6.07) is 13.9. The predicted octanol–water partition coefficient (Wildman–Crippen LogP) is 1.27. The van der Waals surface area contributed by atoms with Gasteiger partial charge in [-0.05, 0) is 42.5 Å². The van der Waals surface area contributed by atoms with Crippen LogP contribution in [0.1, 0.15) is 5.56 Å². The van der Waals surface area contributed by atoms with Gasteiger partial charge in [0, 0.05) is 11.1 Å². The van der Waals surface area contributed by atoms with Crippen LogP contribution in [0.15, 0.2) is 42.5 Å². The number of anilines is 2. The number of aromatic nitrogens is 1. The van der Waals surface area contributed by atoms with Crippen LogP contribution in [0, 0.1) is 11.3 Å². The van der Waals surface area contributed by atoms with Crippen LogP contribution in [0.2, 0.25) is 0 Å². The largest absolute Gasteiger partial charge is 0.457 e. The molecule has 2 aromatic carbocycles. The fraction of sp³-hybridized carbons (Fsp3) is 0.105. The van der Waals surface area contributed by atoms with E-state index in [2.05, 4.69) is 11.4 Å². The maximum Gasteiger partial charge on any atom is 0.238 e. The van der Waals surface area contributed by atoms with E-state index in [9.17, 15) is 14.9 Å². The van der Waals surface area contributed by atoms with Crippen molar-refractivity contribution in [2.24, 2.45) is 11.5 Å². The SMILES string of the molecule is N#Cc1c(N)n(CC(N)=O)c2ccc(Oc3ccc(NC(=O)CN)cc3)cc12. The Hall–Kier alpha value is -4.03. The second-order valence-electron chi connectivity index (χ2n) is 5.98. The molecule has 7 N–H and O–H groups in total. The van der Waals surface area contributed by atoms with Crippen LogP contribution in [-0.4, -0.2) is 22.9 Å². The molecule has 3 aromatic rings. The maximum absolute atomic E-state index is 11.3. The Kier molecular flexibility index (Phi) is 5.15. The second kappa shape index (κ2) is 7.69. The normalized spacial score (nSPS) is 10.4. The molecule has 0 spiro atoms. The number of carbonyl (C=O) groups excluding carboxylic acids is 2. The number of hydrogen-bond acceptors (Lipinski definition) is 6. The third kappa shape index (κ3) is 3.72. The lowest BCUT2D eigenvalue weighted by Crippen LogP contribution is -2.21. The average molecular weight is 378 g/mol. The Morgan fingerprint density at radius 3 is 2.43 bits per heavy atom. The number of nitrogen functional groups attached to an aromatic ring is 1. The van der Waals surface area contributed by atoms with Gasteiger partial charge in [-0.25, -0.2) is 0 Å². The molecule has 142 valence electrons. The molecule has 0 unspecified atom stereocenters. The van der Waals surface area contributed by atoms with Crippen LogP contribution in [0.25, 0.3) is 10.9 Å². The number of ether oxygens (including phenoxy) is 1. The van der Waals surface area contributed by atoms with Gasteiger partial charge in [0.1, 0.15) is 35.5 Å². The number of primary amides is 1. The first kappa shape index (κ1) is 18.8. The summed E-state index contributed by atoms with van der Waals surface area (Å²) in [6.45, 7) is -0.224. The van der Waals surface area contributed by atoms with E-state index in [0.717, 1.165) is 0 Å². The smallest absolute Gasteiger partial charge is 0.238 e. The summed E-state index contributed by atoms with van der Waals surface area (Å²) in [5.74, 6) is 0.344. The lowest BCUT2D eigenvalue weighted by Gasteiger charge is -2.08. The minimum atomic E-state index is -0.560. The molecule has 1 aromatic heterocycles. The van der Waals surface area contributed by atoms with Gasteiger partial charge in [-0.15, -0.1) is 0 Å². The summed E-state index contributed by atoms with van der Waals surface area (Å²) in [5, 5.41) is 12.6. The van der Waals surface area contributed by atoms with Crippen molar-refractivity contribution in [1.29, 1.82) is 5.26 Å². The highest BCUT2D eigenvalue weighted by Gasteiger charge is 2.17. The van der Waals surface area contributed by atoms with E-state index in [1.54, 1.807) is 42.5 Å². The summed E-state index contributed by atoms with van der Waals surface area (Å²) >= 11 is 0. The number of fused-ring (bicyclic) bond motifs is 1. The maximum atomic E-state index is 11.3. The van der Waals surface area contributed by atoms with Crippen LogP contribution >= 0.6 is 0 Å². The van der Waals surface area contributed by atoms with E-state index in [1.807, 2.05) is 0 Å². The van der Waals surface area contributed by atoms with Crippen molar-refractivity contribution in [3.63, 3.8) is 0 Å². The molecular formula is C19H18N6O3. The van der Waals surface area contributed by atoms with Crippen LogP contribution < -0.4 is 27.3 Å². The molecular weight excluding hydrogens is 360 g/mol. The molecule has 0 radical (unpaired) electrons. The molecule has 9 heteroatoms. The molecule has 0 aliphatic heterocycles. The first-order valence-corrected chi connectivity index (χ1v) is 8.31. The van der Waals surface area contributed by atoms with Gasteiger partial charge < -0.3 is 31.8 Å². The number of rotatable bonds is 6. The highest BCUT2D eigenvalue weighted by Crippen LogP contribution is 2.32. The number of nitriles is 1. The van der Waals surface area contributed by atoms with Gasteiger partial charge in [-0.2, -0.15) is 5.26 Å². The fourth-order valence-electron chi connectivity index (χ4n) is 2.82. The standard InChI is InChI=1S/C19H18N6O3/c20-8-15-14-7-13(5-6-16(14)25(19(15)23)10-17(22)26)28-12-3-1-11(2-4-12)24-18(27)9-21/h1-7H,9-10,21,23H2,(H2,22,26)(H,24,27). The third-order valence-electron chi connectivity index (χ3n) is 4.06. The Labute approximate surface area is 160 Å². The Morgan fingerprint density at radius 1 is 1.14 bits per heavy atom. The zero-order valence-electron chi connectivity index (χ0n) is 14.8. The van der Waals surface area contributed by atoms with Crippen LogP contribution in [0.3, 0.4) is 0 Å². The van der Waals surface area contributed by atoms with E-state index in [4.69, 9.17) is 21.9 Å². The van der Waals surface area contributed by atoms with Crippen molar-refractivity contribution in [3.05, 3.63) is 48.0 Å². The lowest BCUT2D eigenvalue weighted by atomic mass is 10.1. The minimum Gasteiger partial charge on any atom is -0.457 e. The minimum absolute atomic E-state index is 0.0992. The molecule has 0 aliphatic carbocycles. The predicted molar refractivity (Wildman–Crippen MR) is 104 cm³/mol. The number of amides is 2. The molecule has 2 amide bonds. The van der Waals surface area contributed by atoms with E-state index >= 15 is 0 Å². The van der Waals surface area contributed by atoms with Gasteiger partial charge in [0.15, 0.2) is 0 Å². The number of nitrogens with one attached hydrogen (secondary N) is 1. The van der Waals surface area contributed by atoms with Crippen molar-refractivity contribution in [3.8, 4) is 17.6 Å². The molecule has 0 saturated heterocycles. The van der Waals surface area contributed by atoms with Gasteiger partial charge in [0.2, 0.25) is 11.8 Å². The molecule has 0 bridgehead atoms. The fourth-order valence-corrected chi connectivity index (χ4v) is 2.82. The molecule has 0 aliphatic rings. The first-order valence-electron chi connectivity index (χ1n) is 8.31. The van der Waals surface area contributed by atoms with Crippen molar-refractivity contribution in [2.75, 3.05) is 17.6 Å². The molecule has 3 rings (SSSR count). The average Bonchev–Trinajstić information content (AvgIpc) is 2.93. The Morgan fingerprint density at radius 2 is 1.82 bits per heavy atom. The first-order chi connectivity index (χ1) is 13.4. The highest BCUT2D eigenvalue weighted by molar-refractivity contribution is 5.94. The Bertz CT molecular complexity index is 1100. The van der Waals surface area contributed by atoms with Crippen molar-refractivity contribution in [2.45, 2.75) is 6.54 Å². The van der Waals surface area contributed by atoms with Crippen LogP contribution in [0.5, 0.6) is 11.5 Å². The number of carbonyl (C=O) groups is 2. The molecule has 0 atom stereocenters. The van der Waals surface area contributed by atoms with E-state index in [-0.39, 0.29) is 30.4 Å². The quantitative estimate of drug-likeness (QED) is 0.505. The zero-order chi connectivity index (χ0) is 20.3. The number of nitrogens with two attached hydrogens (primary N) is 3. The number of nitrogens with zero attached hydrogens (tertiary/aromatic N) is 2. The van der Waals surface area contributed by atoms with Crippen LogP contribution in [0.4, 0.5) is 11.5 Å². The topological polar surface area (TPSA) is 162 Å². The summed E-state index contributed by atoms with van der Waals surface area (Å²) in [7, 11) is 0.